The number of hydrogen-bond acceptors (Lipinski definition) is 2. The Balaban J connectivity index is 2.12. The van der Waals surface area contributed by atoms with Gasteiger partial charge in [-0.1, -0.05) is 43.3 Å². The van der Waals surface area contributed by atoms with Crippen LogP contribution >= 0.6 is 0 Å². The van der Waals surface area contributed by atoms with Gasteiger partial charge in [-0.15, -0.1) is 0 Å². The summed E-state index contributed by atoms with van der Waals surface area (Å²) < 4.78 is 0. The predicted octanol–water partition coefficient (Wildman–Crippen LogP) is 2.34. The molecule has 84 valence electrons. The molecule has 2 atom stereocenters. The van der Waals surface area contributed by atoms with Crippen molar-refractivity contribution in [3.8, 4) is 0 Å². The fraction of sp³-hybridized carbons (Fsp3) is 0.357. The van der Waals surface area contributed by atoms with Crippen LogP contribution < -0.4 is 5.73 Å². The van der Waals surface area contributed by atoms with E-state index in [-0.39, 0.29) is 17.7 Å². The van der Waals surface area contributed by atoms with Gasteiger partial charge in [0, 0.05) is 17.5 Å². The van der Waals surface area contributed by atoms with Gasteiger partial charge in [0.2, 0.25) is 0 Å². The molecule has 0 spiro atoms. The van der Waals surface area contributed by atoms with Gasteiger partial charge in [0.05, 0.1) is 0 Å². The molecule has 0 amide bonds. The first-order valence-corrected chi connectivity index (χ1v) is 5.77. The Bertz CT molecular complexity index is 405. The molecule has 2 nitrogen and oxygen atoms in total. The van der Waals surface area contributed by atoms with Crippen molar-refractivity contribution in [3.05, 3.63) is 47.5 Å². The molecule has 2 N–H and O–H groups in total. The number of rotatable bonds is 3. The highest BCUT2D eigenvalue weighted by Crippen LogP contribution is 2.21. The van der Waals surface area contributed by atoms with E-state index in [1.54, 1.807) is 0 Å². The van der Waals surface area contributed by atoms with Crippen LogP contribution in [0.3, 0.4) is 0 Å². The number of benzene rings is 1. The Morgan fingerprint density at radius 1 is 1.31 bits per heavy atom. The lowest BCUT2D eigenvalue weighted by atomic mass is 9.95. The van der Waals surface area contributed by atoms with Crippen molar-refractivity contribution in [1.29, 1.82) is 0 Å². The van der Waals surface area contributed by atoms with E-state index in [2.05, 4.69) is 6.92 Å². The number of carbonyl (C=O) groups is 1. The minimum absolute atomic E-state index is 0.0255. The maximum Gasteiger partial charge on any atom is 0.169 e. The van der Waals surface area contributed by atoms with Gasteiger partial charge in [-0.05, 0) is 18.4 Å². The monoisotopic (exact) mass is 215 g/mol. The van der Waals surface area contributed by atoms with Crippen molar-refractivity contribution in [3.63, 3.8) is 0 Å². The van der Waals surface area contributed by atoms with Gasteiger partial charge in [0.25, 0.3) is 0 Å². The van der Waals surface area contributed by atoms with Crippen LogP contribution in [0.25, 0.3) is 0 Å². The summed E-state index contributed by atoms with van der Waals surface area (Å²) in [5, 5.41) is 0. The summed E-state index contributed by atoms with van der Waals surface area (Å²) in [5.74, 6) is 0.161. The van der Waals surface area contributed by atoms with E-state index in [1.807, 2.05) is 36.4 Å². The van der Waals surface area contributed by atoms with Crippen molar-refractivity contribution >= 4 is 5.78 Å². The number of allylic oxidation sites excluding steroid dienone is 1. The SMILES string of the molecule is CCc1ccc(C(=O)C2C=CC(N)C2)cc1. The average Bonchev–Trinajstić information content (AvgIpc) is 2.75. The van der Waals surface area contributed by atoms with Crippen LogP contribution in [0.5, 0.6) is 0 Å². The summed E-state index contributed by atoms with van der Waals surface area (Å²) >= 11 is 0. The van der Waals surface area contributed by atoms with Crippen molar-refractivity contribution in [2.75, 3.05) is 0 Å². The van der Waals surface area contributed by atoms with Crippen LogP contribution in [0.1, 0.15) is 29.3 Å². The van der Waals surface area contributed by atoms with Crippen molar-refractivity contribution in [2.45, 2.75) is 25.8 Å². The number of carbonyl (C=O) groups excluding carboxylic acids is 1. The first kappa shape index (κ1) is 11.1. The summed E-state index contributed by atoms with van der Waals surface area (Å²) in [6.07, 6.45) is 5.60. The number of hydrogen-bond donors (Lipinski definition) is 1. The second-order valence-electron chi connectivity index (χ2n) is 4.31. The molecule has 1 aromatic rings. The lowest BCUT2D eigenvalue weighted by Crippen LogP contribution is -2.19. The van der Waals surface area contributed by atoms with Gasteiger partial charge >= 0.3 is 0 Å². The summed E-state index contributed by atoms with van der Waals surface area (Å²) in [6, 6.07) is 7.92. The van der Waals surface area contributed by atoms with E-state index in [4.69, 9.17) is 5.73 Å². The molecule has 0 aliphatic heterocycles. The molecule has 0 aromatic heterocycles. The van der Waals surface area contributed by atoms with Gasteiger partial charge in [0.1, 0.15) is 0 Å². The van der Waals surface area contributed by atoms with Crippen LogP contribution in [0, 0.1) is 5.92 Å². The Hall–Kier alpha value is -1.41. The van der Waals surface area contributed by atoms with Gasteiger partial charge in [-0.3, -0.25) is 4.79 Å². The topological polar surface area (TPSA) is 43.1 Å². The molecule has 0 saturated carbocycles. The molecule has 0 fully saturated rings. The molecule has 1 aliphatic rings. The molecule has 0 saturated heterocycles. The summed E-state index contributed by atoms with van der Waals surface area (Å²) in [5.41, 5.74) is 7.80. The van der Waals surface area contributed by atoms with Crippen LogP contribution in [0.15, 0.2) is 36.4 Å². The quantitative estimate of drug-likeness (QED) is 0.621. The smallest absolute Gasteiger partial charge is 0.169 e. The number of aryl methyl sites for hydroxylation is 1. The first-order chi connectivity index (χ1) is 7.70. The lowest BCUT2D eigenvalue weighted by molar-refractivity contribution is 0.0943. The minimum atomic E-state index is -0.0255. The Kier molecular flexibility index (Phi) is 3.20. The molecule has 16 heavy (non-hydrogen) atoms. The number of nitrogens with two attached hydrogens (primary N) is 1. The van der Waals surface area contributed by atoms with E-state index in [1.165, 1.54) is 5.56 Å². The van der Waals surface area contributed by atoms with Crippen LogP contribution in [-0.4, -0.2) is 11.8 Å². The van der Waals surface area contributed by atoms with Crippen LogP contribution in [0.4, 0.5) is 0 Å². The first-order valence-electron chi connectivity index (χ1n) is 5.77. The molecular formula is C14H17NO. The van der Waals surface area contributed by atoms with Gasteiger partial charge in [0.15, 0.2) is 5.78 Å². The highest BCUT2D eigenvalue weighted by atomic mass is 16.1. The molecule has 0 radical (unpaired) electrons. The molecule has 1 aromatic carbocycles. The summed E-state index contributed by atoms with van der Waals surface area (Å²) in [6.45, 7) is 2.11. The Labute approximate surface area is 96.2 Å². The molecule has 2 heteroatoms. The van der Waals surface area contributed by atoms with Crippen molar-refractivity contribution in [2.24, 2.45) is 11.7 Å². The zero-order chi connectivity index (χ0) is 11.5. The second-order valence-corrected chi connectivity index (χ2v) is 4.31. The molecule has 2 unspecified atom stereocenters. The Morgan fingerprint density at radius 2 is 2.00 bits per heavy atom. The van der Waals surface area contributed by atoms with E-state index in [9.17, 15) is 4.79 Å². The average molecular weight is 215 g/mol. The largest absolute Gasteiger partial charge is 0.324 e. The van der Waals surface area contributed by atoms with Crippen LogP contribution in [-0.2, 0) is 6.42 Å². The maximum atomic E-state index is 12.1. The third-order valence-corrected chi connectivity index (χ3v) is 3.10. The molecule has 0 bridgehead atoms. The van der Waals surface area contributed by atoms with Gasteiger partial charge in [-0.2, -0.15) is 0 Å². The minimum Gasteiger partial charge on any atom is -0.324 e. The Morgan fingerprint density at radius 3 is 2.50 bits per heavy atom. The highest BCUT2D eigenvalue weighted by molar-refractivity contribution is 5.99. The highest BCUT2D eigenvalue weighted by Gasteiger charge is 2.23. The molecular weight excluding hydrogens is 198 g/mol. The van der Waals surface area contributed by atoms with Crippen molar-refractivity contribution < 1.29 is 4.79 Å². The van der Waals surface area contributed by atoms with E-state index in [0.717, 1.165) is 18.4 Å². The zero-order valence-electron chi connectivity index (χ0n) is 9.52. The predicted molar refractivity (Wildman–Crippen MR) is 65.4 cm³/mol. The molecule has 1 aliphatic carbocycles. The zero-order valence-corrected chi connectivity index (χ0v) is 9.52. The third-order valence-electron chi connectivity index (χ3n) is 3.10. The van der Waals surface area contributed by atoms with Gasteiger partial charge in [-0.25, -0.2) is 0 Å². The van der Waals surface area contributed by atoms with Crippen molar-refractivity contribution in [1.82, 2.24) is 0 Å². The third kappa shape index (κ3) is 2.22. The summed E-state index contributed by atoms with van der Waals surface area (Å²) in [7, 11) is 0. The van der Waals surface area contributed by atoms with E-state index >= 15 is 0 Å². The van der Waals surface area contributed by atoms with E-state index in [0.29, 0.717) is 0 Å². The summed E-state index contributed by atoms with van der Waals surface area (Å²) in [4.78, 5) is 12.1. The van der Waals surface area contributed by atoms with Gasteiger partial charge < -0.3 is 5.73 Å². The standard InChI is InChI=1S/C14H17NO/c1-2-10-3-5-11(6-4-10)14(16)12-7-8-13(15)9-12/h3-8,12-13H,2,9,15H2,1H3. The second kappa shape index (κ2) is 4.62. The molecule has 0 heterocycles. The fourth-order valence-corrected chi connectivity index (χ4v) is 2.04. The maximum absolute atomic E-state index is 12.1. The number of Topliss-reactive ketones (excluding diaryl/α,β-unsaturated/α-hetero) is 1. The molecule has 2 rings (SSSR count). The normalized spacial score (nSPS) is 23.6. The fourth-order valence-electron chi connectivity index (χ4n) is 2.04. The van der Waals surface area contributed by atoms with Crippen LogP contribution in [0.2, 0.25) is 0 Å². The van der Waals surface area contributed by atoms with E-state index < -0.39 is 0 Å². The lowest BCUT2D eigenvalue weighted by Gasteiger charge is -2.08. The number of ketones is 1.